The van der Waals surface area contributed by atoms with Crippen LogP contribution in [-0.4, -0.2) is 46.6 Å². The zero-order valence-corrected chi connectivity index (χ0v) is 20.1. The first-order chi connectivity index (χ1) is 18.2. The Balaban J connectivity index is 1.23. The number of hydrogen-bond acceptors (Lipinski definition) is 7. The Morgan fingerprint density at radius 2 is 1.71 bits per heavy atom. The van der Waals surface area contributed by atoms with Crippen molar-refractivity contribution in [2.45, 2.75) is 43.3 Å². The van der Waals surface area contributed by atoms with E-state index in [4.69, 9.17) is 14.2 Å². The number of amides is 2. The van der Waals surface area contributed by atoms with E-state index in [9.17, 15) is 22.8 Å². The van der Waals surface area contributed by atoms with E-state index >= 15 is 0 Å². The molecule has 0 spiro atoms. The number of benzene rings is 2. The molecular weight excluding hydrogens is 505 g/mol. The molecule has 1 aromatic heterocycles. The van der Waals surface area contributed by atoms with Crippen molar-refractivity contribution in [3.05, 3.63) is 77.9 Å². The van der Waals surface area contributed by atoms with E-state index in [2.05, 4.69) is 20.6 Å². The molecule has 0 bridgehead atoms. The Morgan fingerprint density at radius 1 is 1.05 bits per heavy atom. The Morgan fingerprint density at radius 3 is 2.34 bits per heavy atom. The maximum Gasteiger partial charge on any atom is 0.420 e. The molecule has 1 saturated carbocycles. The molecule has 2 aliphatic rings. The van der Waals surface area contributed by atoms with E-state index in [0.29, 0.717) is 18.4 Å². The lowest BCUT2D eigenvalue weighted by atomic mass is 9.94. The van der Waals surface area contributed by atoms with Gasteiger partial charge in [-0.15, -0.1) is 0 Å². The van der Waals surface area contributed by atoms with Crippen LogP contribution in [0, 0.1) is 0 Å². The molecule has 1 saturated heterocycles. The summed E-state index contributed by atoms with van der Waals surface area (Å²) in [6, 6.07) is 9.74. The number of alkyl halides is 3. The third-order valence-electron chi connectivity index (χ3n) is 6.49. The van der Waals surface area contributed by atoms with Gasteiger partial charge in [-0.25, -0.2) is 9.97 Å². The van der Waals surface area contributed by atoms with Crippen LogP contribution in [-0.2, 0) is 22.3 Å². The van der Waals surface area contributed by atoms with Gasteiger partial charge in [0.05, 0.1) is 24.9 Å². The summed E-state index contributed by atoms with van der Waals surface area (Å²) in [7, 11) is 1.28. The van der Waals surface area contributed by atoms with Crippen molar-refractivity contribution in [1.82, 2.24) is 20.6 Å². The van der Waals surface area contributed by atoms with Gasteiger partial charge < -0.3 is 24.8 Å². The maximum atomic E-state index is 13.5. The van der Waals surface area contributed by atoms with Crippen LogP contribution in [0.2, 0.25) is 0 Å². The van der Waals surface area contributed by atoms with Crippen molar-refractivity contribution in [1.29, 1.82) is 0 Å². The Hall–Kier alpha value is -4.19. The largest absolute Gasteiger partial charge is 0.497 e. The topological polar surface area (TPSA) is 115 Å². The number of carbonyl (C=O) groups excluding carboxylic acids is 2. The molecule has 1 aliphatic carbocycles. The van der Waals surface area contributed by atoms with Gasteiger partial charge in [0.2, 0.25) is 5.91 Å². The number of aromatic nitrogens is 2. The molecule has 9 nitrogen and oxygen atoms in total. The fourth-order valence-corrected chi connectivity index (χ4v) is 4.46. The van der Waals surface area contributed by atoms with Gasteiger partial charge in [0, 0.05) is 31.8 Å². The van der Waals surface area contributed by atoms with Crippen molar-refractivity contribution < 1.29 is 37.0 Å². The van der Waals surface area contributed by atoms with Crippen molar-refractivity contribution in [2.24, 2.45) is 0 Å². The Kier molecular flexibility index (Phi) is 6.66. The van der Waals surface area contributed by atoms with Gasteiger partial charge in [0.1, 0.15) is 34.7 Å². The average Bonchev–Trinajstić information content (AvgIpc) is 3.53. The molecular formula is C26H23F3N4O5. The minimum absolute atomic E-state index is 0.0629. The summed E-state index contributed by atoms with van der Waals surface area (Å²) in [5.74, 6) is -0.916. The van der Waals surface area contributed by atoms with Crippen LogP contribution < -0.4 is 20.1 Å². The minimum Gasteiger partial charge on any atom is -0.497 e. The van der Waals surface area contributed by atoms with Gasteiger partial charge in [-0.2, -0.15) is 13.2 Å². The van der Waals surface area contributed by atoms with Gasteiger partial charge in [-0.05, 0) is 35.9 Å². The van der Waals surface area contributed by atoms with Crippen LogP contribution in [0.15, 0.2) is 61.2 Å². The minimum atomic E-state index is -4.63. The van der Waals surface area contributed by atoms with Crippen molar-refractivity contribution in [3.8, 4) is 17.2 Å². The van der Waals surface area contributed by atoms with Crippen LogP contribution in [0.4, 0.5) is 13.2 Å². The normalized spacial score (nSPS) is 21.8. The predicted molar refractivity (Wildman–Crippen MR) is 126 cm³/mol. The highest BCUT2D eigenvalue weighted by Crippen LogP contribution is 2.45. The number of carbonyl (C=O) groups is 2. The van der Waals surface area contributed by atoms with E-state index in [1.54, 1.807) is 12.1 Å². The van der Waals surface area contributed by atoms with Crippen molar-refractivity contribution in [2.75, 3.05) is 7.11 Å². The summed E-state index contributed by atoms with van der Waals surface area (Å²) in [6.45, 7) is 0.137. The quantitative estimate of drug-likeness (QED) is 0.429. The number of rotatable bonds is 8. The summed E-state index contributed by atoms with van der Waals surface area (Å²) >= 11 is 0. The monoisotopic (exact) mass is 528 g/mol. The second-order valence-corrected chi connectivity index (χ2v) is 9.07. The summed E-state index contributed by atoms with van der Waals surface area (Å²) in [5.41, 5.74) is -1.16. The lowest BCUT2D eigenvalue weighted by Crippen LogP contribution is -2.58. The molecule has 2 atom stereocenters. The number of methoxy groups -OCH3 is 1. The first-order valence-corrected chi connectivity index (χ1v) is 11.7. The lowest BCUT2D eigenvalue weighted by molar-refractivity contribution is -0.138. The summed E-state index contributed by atoms with van der Waals surface area (Å²) < 4.78 is 56.2. The first-order valence-electron chi connectivity index (χ1n) is 11.7. The van der Waals surface area contributed by atoms with Crippen LogP contribution in [0.3, 0.4) is 0 Å². The molecule has 2 N–H and O–H groups in total. The zero-order chi connectivity index (χ0) is 26.9. The standard InChI is InChI=1S/C26H23F3N4O5/c1-36-18-6-7-20(19(8-18)26(27,28)29)37-17-4-2-15(3-5-17)11-32-24(35)25(9-21-22(10-25)38-21)33-23(34)16-12-30-14-31-13-16/h2-8,12-14,21-22H,9-11H2,1H3,(H,32,35)(H,33,34). The number of epoxide rings is 1. The predicted octanol–water partition coefficient (Wildman–Crippen LogP) is 3.64. The average molecular weight is 528 g/mol. The second-order valence-electron chi connectivity index (χ2n) is 9.07. The third-order valence-corrected chi connectivity index (χ3v) is 6.49. The molecule has 38 heavy (non-hydrogen) atoms. The molecule has 2 heterocycles. The zero-order valence-electron chi connectivity index (χ0n) is 20.1. The summed E-state index contributed by atoms with van der Waals surface area (Å²) in [5, 5.41) is 5.68. The third kappa shape index (κ3) is 5.40. The SMILES string of the molecule is COc1ccc(Oc2ccc(CNC(=O)C3(NC(=O)c4cncnc4)CC4OC4C3)cc2)c(C(F)(F)F)c1. The first kappa shape index (κ1) is 25.5. The maximum absolute atomic E-state index is 13.5. The van der Waals surface area contributed by atoms with Gasteiger partial charge in [-0.3, -0.25) is 9.59 Å². The summed E-state index contributed by atoms with van der Waals surface area (Å²) in [4.78, 5) is 33.6. The second kappa shape index (κ2) is 9.93. The lowest BCUT2D eigenvalue weighted by Gasteiger charge is -2.30. The van der Waals surface area contributed by atoms with Gasteiger partial charge >= 0.3 is 6.18 Å². The molecule has 3 aromatic rings. The number of ether oxygens (including phenoxy) is 3. The molecule has 2 amide bonds. The molecule has 0 radical (unpaired) electrons. The van der Waals surface area contributed by atoms with Crippen molar-refractivity contribution in [3.63, 3.8) is 0 Å². The number of nitrogens with zero attached hydrogens (tertiary/aromatic N) is 2. The molecule has 2 aromatic carbocycles. The van der Waals surface area contributed by atoms with Gasteiger partial charge in [0.15, 0.2) is 0 Å². The van der Waals surface area contributed by atoms with E-state index < -0.39 is 23.2 Å². The number of hydrogen-bond donors (Lipinski definition) is 2. The molecule has 12 heteroatoms. The molecule has 2 fully saturated rings. The van der Waals surface area contributed by atoms with E-state index in [0.717, 1.165) is 6.07 Å². The van der Waals surface area contributed by atoms with Gasteiger partial charge in [0.25, 0.3) is 5.91 Å². The highest BCUT2D eigenvalue weighted by atomic mass is 19.4. The Labute approximate surface area is 215 Å². The number of fused-ring (bicyclic) bond motifs is 1. The van der Waals surface area contributed by atoms with Gasteiger partial charge in [-0.1, -0.05) is 12.1 Å². The molecule has 198 valence electrons. The smallest absolute Gasteiger partial charge is 0.420 e. The molecule has 2 unspecified atom stereocenters. The fourth-order valence-electron chi connectivity index (χ4n) is 4.46. The highest BCUT2D eigenvalue weighted by molar-refractivity contribution is 5.99. The Bertz CT molecular complexity index is 1320. The van der Waals surface area contributed by atoms with E-state index in [-0.39, 0.29) is 47.5 Å². The van der Waals surface area contributed by atoms with Crippen molar-refractivity contribution >= 4 is 11.8 Å². The van der Waals surface area contributed by atoms with Crippen LogP contribution >= 0.6 is 0 Å². The number of nitrogens with one attached hydrogen (secondary N) is 2. The van der Waals surface area contributed by atoms with Crippen LogP contribution in [0.5, 0.6) is 17.2 Å². The summed E-state index contributed by atoms with van der Waals surface area (Å²) in [6.07, 6.45) is -0.0498. The molecule has 5 rings (SSSR count). The number of halogens is 3. The highest BCUT2D eigenvalue weighted by Gasteiger charge is 2.60. The van der Waals surface area contributed by atoms with E-state index in [1.165, 1.54) is 50.1 Å². The molecule has 1 aliphatic heterocycles. The van der Waals surface area contributed by atoms with Crippen LogP contribution in [0.25, 0.3) is 0 Å². The van der Waals surface area contributed by atoms with E-state index in [1.807, 2.05) is 0 Å². The van der Waals surface area contributed by atoms with Crippen LogP contribution in [0.1, 0.15) is 34.3 Å². The fraction of sp³-hybridized carbons (Fsp3) is 0.308.